The molecule has 0 bridgehead atoms. The maximum atomic E-state index is 12.1. The molecule has 0 radical (unpaired) electrons. The van der Waals surface area contributed by atoms with Gasteiger partial charge in [-0.2, -0.15) is 0 Å². The highest BCUT2D eigenvalue weighted by Crippen LogP contribution is 2.22. The summed E-state index contributed by atoms with van der Waals surface area (Å²) in [5, 5.41) is 6.29. The lowest BCUT2D eigenvalue weighted by molar-refractivity contribution is -0.120. The average molecular weight is 301 g/mol. The number of anilines is 1. The van der Waals surface area contributed by atoms with E-state index in [2.05, 4.69) is 23.6 Å². The summed E-state index contributed by atoms with van der Waals surface area (Å²) >= 11 is 1.79. The first-order valence-electron chi connectivity index (χ1n) is 6.54. The molecular formula is C14H21ClN2OS. The Morgan fingerprint density at radius 2 is 2.37 bits per heavy atom. The molecule has 2 N–H and O–H groups in total. The lowest BCUT2D eigenvalue weighted by Gasteiger charge is -2.22. The molecule has 1 amide bonds. The van der Waals surface area contributed by atoms with E-state index in [1.54, 1.807) is 11.8 Å². The van der Waals surface area contributed by atoms with Crippen LogP contribution in [-0.4, -0.2) is 24.7 Å². The summed E-state index contributed by atoms with van der Waals surface area (Å²) in [6.45, 7) is 3.96. The van der Waals surface area contributed by atoms with Crippen molar-refractivity contribution >= 4 is 35.8 Å². The van der Waals surface area contributed by atoms with Crippen LogP contribution in [0.5, 0.6) is 0 Å². The van der Waals surface area contributed by atoms with E-state index < -0.39 is 0 Å². The zero-order valence-electron chi connectivity index (χ0n) is 11.1. The number of amides is 1. The van der Waals surface area contributed by atoms with E-state index in [-0.39, 0.29) is 24.2 Å². The second-order valence-electron chi connectivity index (χ2n) is 4.49. The Morgan fingerprint density at radius 3 is 3.05 bits per heavy atom. The Kier molecular flexibility index (Phi) is 7.28. The van der Waals surface area contributed by atoms with E-state index in [0.717, 1.165) is 37.4 Å². The number of hydrogen-bond acceptors (Lipinski definition) is 3. The minimum Gasteiger partial charge on any atom is -0.326 e. The number of halogens is 1. The topological polar surface area (TPSA) is 41.1 Å². The van der Waals surface area contributed by atoms with Crippen LogP contribution in [0.4, 0.5) is 5.69 Å². The molecule has 106 valence electrons. The van der Waals surface area contributed by atoms with Crippen molar-refractivity contribution in [1.29, 1.82) is 0 Å². The van der Waals surface area contributed by atoms with Gasteiger partial charge in [-0.1, -0.05) is 13.0 Å². The predicted octanol–water partition coefficient (Wildman–Crippen LogP) is 3.16. The molecule has 1 aliphatic heterocycles. The Hall–Kier alpha value is -0.710. The van der Waals surface area contributed by atoms with E-state index >= 15 is 0 Å². The molecule has 19 heavy (non-hydrogen) atoms. The van der Waals surface area contributed by atoms with Gasteiger partial charge in [-0.25, -0.2) is 0 Å². The fourth-order valence-corrected chi connectivity index (χ4v) is 2.87. The highest BCUT2D eigenvalue weighted by Gasteiger charge is 2.20. The molecule has 0 aliphatic carbocycles. The van der Waals surface area contributed by atoms with Crippen LogP contribution in [-0.2, 0) is 4.79 Å². The summed E-state index contributed by atoms with van der Waals surface area (Å²) < 4.78 is 0. The SMILES string of the molecule is CCSc1cccc(NC(=O)C2CCCNC2)c1.Cl. The molecular weight excluding hydrogens is 280 g/mol. The van der Waals surface area contributed by atoms with E-state index in [1.165, 1.54) is 4.90 Å². The lowest BCUT2D eigenvalue weighted by atomic mass is 9.99. The minimum atomic E-state index is 0. The molecule has 1 aromatic carbocycles. The Morgan fingerprint density at radius 1 is 1.53 bits per heavy atom. The van der Waals surface area contributed by atoms with Crippen LogP contribution in [0.3, 0.4) is 0 Å². The Labute approximate surface area is 125 Å². The fraction of sp³-hybridized carbons (Fsp3) is 0.500. The summed E-state index contributed by atoms with van der Waals surface area (Å²) in [6, 6.07) is 8.06. The van der Waals surface area contributed by atoms with Gasteiger partial charge < -0.3 is 10.6 Å². The van der Waals surface area contributed by atoms with Gasteiger partial charge >= 0.3 is 0 Å². The molecule has 5 heteroatoms. The molecule has 0 spiro atoms. The third-order valence-electron chi connectivity index (χ3n) is 3.08. The fourth-order valence-electron chi connectivity index (χ4n) is 2.15. The van der Waals surface area contributed by atoms with Crippen LogP contribution in [0, 0.1) is 5.92 Å². The summed E-state index contributed by atoms with van der Waals surface area (Å²) in [4.78, 5) is 13.3. The van der Waals surface area contributed by atoms with E-state index in [1.807, 2.05) is 18.2 Å². The quantitative estimate of drug-likeness (QED) is 0.839. The van der Waals surface area contributed by atoms with Gasteiger partial charge in [0, 0.05) is 17.1 Å². The molecule has 1 aliphatic rings. The number of rotatable bonds is 4. The normalized spacial score (nSPS) is 18.5. The molecule has 0 aromatic heterocycles. The van der Waals surface area contributed by atoms with Crippen LogP contribution in [0.1, 0.15) is 19.8 Å². The van der Waals surface area contributed by atoms with Crippen molar-refractivity contribution < 1.29 is 4.79 Å². The van der Waals surface area contributed by atoms with Gasteiger partial charge in [-0.15, -0.1) is 24.2 Å². The molecule has 2 rings (SSSR count). The maximum absolute atomic E-state index is 12.1. The van der Waals surface area contributed by atoms with Crippen LogP contribution >= 0.6 is 24.2 Å². The van der Waals surface area contributed by atoms with Crippen molar-refractivity contribution in [2.24, 2.45) is 5.92 Å². The van der Waals surface area contributed by atoms with Gasteiger partial charge in [0.1, 0.15) is 0 Å². The van der Waals surface area contributed by atoms with E-state index in [0.29, 0.717) is 0 Å². The van der Waals surface area contributed by atoms with Crippen molar-refractivity contribution in [2.75, 3.05) is 24.2 Å². The number of carbonyl (C=O) groups excluding carboxylic acids is 1. The van der Waals surface area contributed by atoms with Crippen molar-refractivity contribution in [3.05, 3.63) is 24.3 Å². The highest BCUT2D eigenvalue weighted by atomic mass is 35.5. The molecule has 1 fully saturated rings. The van der Waals surface area contributed by atoms with Crippen molar-refractivity contribution in [2.45, 2.75) is 24.7 Å². The Bertz CT molecular complexity index is 408. The minimum absolute atomic E-state index is 0. The van der Waals surface area contributed by atoms with E-state index in [9.17, 15) is 4.79 Å². The third kappa shape index (κ3) is 5.05. The summed E-state index contributed by atoms with van der Waals surface area (Å²) in [5.74, 6) is 1.30. The Balaban J connectivity index is 0.00000180. The third-order valence-corrected chi connectivity index (χ3v) is 3.96. The number of thioether (sulfide) groups is 1. The summed E-state index contributed by atoms with van der Waals surface area (Å²) in [5.41, 5.74) is 0.907. The zero-order valence-corrected chi connectivity index (χ0v) is 12.8. The molecule has 1 heterocycles. The van der Waals surface area contributed by atoms with Crippen LogP contribution in [0.2, 0.25) is 0 Å². The summed E-state index contributed by atoms with van der Waals surface area (Å²) in [6.07, 6.45) is 2.08. The molecule has 1 saturated heterocycles. The zero-order chi connectivity index (χ0) is 12.8. The lowest BCUT2D eigenvalue weighted by Crippen LogP contribution is -2.37. The van der Waals surface area contributed by atoms with Crippen molar-refractivity contribution in [3.8, 4) is 0 Å². The average Bonchev–Trinajstić information content (AvgIpc) is 2.40. The van der Waals surface area contributed by atoms with Gasteiger partial charge in [0.15, 0.2) is 0 Å². The number of carbonyl (C=O) groups is 1. The standard InChI is InChI=1S/C14H20N2OS.ClH/c1-2-18-13-7-3-6-12(9-13)16-14(17)11-5-4-8-15-10-11;/h3,6-7,9,11,15H,2,4-5,8,10H2,1H3,(H,16,17);1H. The highest BCUT2D eigenvalue weighted by molar-refractivity contribution is 7.99. The smallest absolute Gasteiger partial charge is 0.228 e. The van der Waals surface area contributed by atoms with Gasteiger partial charge in [-0.3, -0.25) is 4.79 Å². The van der Waals surface area contributed by atoms with Gasteiger partial charge in [0.2, 0.25) is 5.91 Å². The molecule has 3 nitrogen and oxygen atoms in total. The van der Waals surface area contributed by atoms with Gasteiger partial charge in [0.25, 0.3) is 0 Å². The largest absolute Gasteiger partial charge is 0.326 e. The molecule has 1 atom stereocenters. The molecule has 0 saturated carbocycles. The maximum Gasteiger partial charge on any atom is 0.228 e. The van der Waals surface area contributed by atoms with Gasteiger partial charge in [-0.05, 0) is 43.3 Å². The van der Waals surface area contributed by atoms with Crippen molar-refractivity contribution in [3.63, 3.8) is 0 Å². The monoisotopic (exact) mass is 300 g/mol. The van der Waals surface area contributed by atoms with Crippen LogP contribution in [0.15, 0.2) is 29.2 Å². The second-order valence-corrected chi connectivity index (χ2v) is 5.83. The number of nitrogens with one attached hydrogen (secondary N) is 2. The molecule has 1 aromatic rings. The number of hydrogen-bond donors (Lipinski definition) is 2. The van der Waals surface area contributed by atoms with E-state index in [4.69, 9.17) is 0 Å². The first-order chi connectivity index (χ1) is 8.79. The number of benzene rings is 1. The van der Waals surface area contributed by atoms with Crippen LogP contribution < -0.4 is 10.6 Å². The first kappa shape index (κ1) is 16.3. The van der Waals surface area contributed by atoms with Crippen molar-refractivity contribution in [1.82, 2.24) is 5.32 Å². The predicted molar refractivity (Wildman–Crippen MR) is 84.3 cm³/mol. The first-order valence-corrected chi connectivity index (χ1v) is 7.52. The van der Waals surface area contributed by atoms with Crippen LogP contribution in [0.25, 0.3) is 0 Å². The number of piperidine rings is 1. The molecule has 1 unspecified atom stereocenters. The second kappa shape index (κ2) is 8.46. The van der Waals surface area contributed by atoms with Gasteiger partial charge in [0.05, 0.1) is 5.92 Å². The summed E-state index contributed by atoms with van der Waals surface area (Å²) in [7, 11) is 0.